The first-order chi connectivity index (χ1) is 14.3. The number of nitrogens with zero attached hydrogens (tertiary/aromatic N) is 3. The first-order valence-electron chi connectivity index (χ1n) is 9.05. The molecule has 0 atom stereocenters. The number of amides is 1. The van der Waals surface area contributed by atoms with E-state index >= 15 is 0 Å². The minimum atomic E-state index is -4.48. The van der Waals surface area contributed by atoms with Crippen molar-refractivity contribution >= 4 is 23.4 Å². The van der Waals surface area contributed by atoms with E-state index in [0.29, 0.717) is 12.1 Å². The van der Waals surface area contributed by atoms with Gasteiger partial charge in [0.2, 0.25) is 5.91 Å². The molecule has 1 N–H and O–H groups in total. The molecule has 0 spiro atoms. The third-order valence-electron chi connectivity index (χ3n) is 4.34. The van der Waals surface area contributed by atoms with Crippen molar-refractivity contribution in [3.05, 3.63) is 90.0 Å². The van der Waals surface area contributed by atoms with Gasteiger partial charge in [0, 0.05) is 49.6 Å². The average molecular weight is 412 g/mol. The van der Waals surface area contributed by atoms with Crippen LogP contribution in [0, 0.1) is 0 Å². The lowest BCUT2D eigenvalue weighted by atomic mass is 10.2. The second-order valence-electron chi connectivity index (χ2n) is 6.46. The molecule has 0 fully saturated rings. The number of pyridine rings is 2. The molecular weight excluding hydrogens is 393 g/mol. The van der Waals surface area contributed by atoms with E-state index in [1.807, 2.05) is 48.3 Å². The fraction of sp³-hybridized carbons (Fsp3) is 0.136. The Bertz CT molecular complexity index is 1000. The summed E-state index contributed by atoms with van der Waals surface area (Å²) in [6, 6.07) is 13.7. The van der Waals surface area contributed by atoms with Gasteiger partial charge in [-0.2, -0.15) is 13.2 Å². The maximum atomic E-state index is 12.5. The molecule has 8 heteroatoms. The lowest BCUT2D eigenvalue weighted by molar-refractivity contribution is -0.141. The van der Waals surface area contributed by atoms with Gasteiger partial charge in [-0.1, -0.05) is 18.2 Å². The van der Waals surface area contributed by atoms with Crippen LogP contribution >= 0.6 is 0 Å². The number of benzene rings is 1. The van der Waals surface area contributed by atoms with Crippen LogP contribution in [0.15, 0.2) is 73.2 Å². The average Bonchev–Trinajstić information content (AvgIpc) is 2.76. The van der Waals surface area contributed by atoms with Gasteiger partial charge in [0.25, 0.3) is 0 Å². The Morgan fingerprint density at radius 1 is 1.03 bits per heavy atom. The predicted octanol–water partition coefficient (Wildman–Crippen LogP) is 4.59. The van der Waals surface area contributed by atoms with E-state index in [1.165, 1.54) is 18.2 Å². The molecule has 0 aliphatic carbocycles. The number of aromatic nitrogens is 2. The molecule has 0 aliphatic rings. The van der Waals surface area contributed by atoms with Crippen LogP contribution in [0.3, 0.4) is 0 Å². The van der Waals surface area contributed by atoms with E-state index < -0.39 is 11.9 Å². The van der Waals surface area contributed by atoms with Crippen LogP contribution in [-0.4, -0.2) is 22.9 Å². The topological polar surface area (TPSA) is 58.1 Å². The van der Waals surface area contributed by atoms with Crippen molar-refractivity contribution < 1.29 is 18.0 Å². The van der Waals surface area contributed by atoms with Gasteiger partial charge in [-0.3, -0.25) is 14.8 Å². The first kappa shape index (κ1) is 21.0. The second-order valence-corrected chi connectivity index (χ2v) is 6.46. The van der Waals surface area contributed by atoms with Crippen molar-refractivity contribution in [1.82, 2.24) is 15.3 Å². The Morgan fingerprint density at radius 2 is 1.70 bits per heavy atom. The van der Waals surface area contributed by atoms with Crippen LogP contribution < -0.4 is 10.2 Å². The fourth-order valence-electron chi connectivity index (χ4n) is 2.65. The molecule has 1 amide bonds. The summed E-state index contributed by atoms with van der Waals surface area (Å²) in [6.45, 7) is 0.327. The highest BCUT2D eigenvalue weighted by molar-refractivity contribution is 5.91. The number of rotatable bonds is 6. The third-order valence-corrected chi connectivity index (χ3v) is 4.34. The highest BCUT2D eigenvalue weighted by atomic mass is 19.4. The smallest absolute Gasteiger partial charge is 0.348 e. The molecule has 2 aromatic heterocycles. The molecule has 0 unspecified atom stereocenters. The summed E-state index contributed by atoms with van der Waals surface area (Å²) in [7, 11) is 1.95. The zero-order valence-electron chi connectivity index (χ0n) is 16.1. The SMILES string of the molecule is CN(c1ccncc1)c1ccc(CNC(=O)C=Cc2ccc(C(F)(F)F)nc2)cc1. The minimum absolute atomic E-state index is 0.327. The third kappa shape index (κ3) is 5.66. The van der Waals surface area contributed by atoms with Gasteiger partial charge in [-0.05, 0) is 47.5 Å². The summed E-state index contributed by atoms with van der Waals surface area (Å²) in [5.41, 5.74) is 2.35. The van der Waals surface area contributed by atoms with Gasteiger partial charge in [0.05, 0.1) is 0 Å². The number of hydrogen-bond acceptors (Lipinski definition) is 4. The van der Waals surface area contributed by atoms with Gasteiger partial charge in [0.15, 0.2) is 0 Å². The number of nitrogens with one attached hydrogen (secondary N) is 1. The maximum Gasteiger partial charge on any atom is 0.433 e. The fourth-order valence-corrected chi connectivity index (χ4v) is 2.65. The van der Waals surface area contributed by atoms with Crippen LogP contribution in [-0.2, 0) is 17.5 Å². The molecular formula is C22H19F3N4O. The Labute approximate surface area is 171 Å². The van der Waals surface area contributed by atoms with Crippen molar-refractivity contribution in [2.45, 2.75) is 12.7 Å². The number of hydrogen-bond donors (Lipinski definition) is 1. The molecule has 0 aliphatic heterocycles. The molecule has 1 aromatic carbocycles. The summed E-state index contributed by atoms with van der Waals surface area (Å²) in [4.78, 5) is 21.3. The van der Waals surface area contributed by atoms with E-state index in [-0.39, 0.29) is 5.91 Å². The number of carbonyl (C=O) groups excluding carboxylic acids is 1. The van der Waals surface area contributed by atoms with Gasteiger partial charge in [-0.15, -0.1) is 0 Å². The molecule has 154 valence electrons. The van der Waals surface area contributed by atoms with E-state index in [0.717, 1.165) is 29.2 Å². The van der Waals surface area contributed by atoms with E-state index in [9.17, 15) is 18.0 Å². The summed E-state index contributed by atoms with van der Waals surface area (Å²) in [5.74, 6) is -0.354. The van der Waals surface area contributed by atoms with Crippen LogP contribution in [0.5, 0.6) is 0 Å². The van der Waals surface area contributed by atoms with Crippen LogP contribution in [0.25, 0.3) is 6.08 Å². The summed E-state index contributed by atoms with van der Waals surface area (Å²) >= 11 is 0. The molecule has 0 saturated carbocycles. The van der Waals surface area contributed by atoms with E-state index in [1.54, 1.807) is 12.4 Å². The van der Waals surface area contributed by atoms with Crippen molar-refractivity contribution in [2.75, 3.05) is 11.9 Å². The molecule has 3 aromatic rings. The second kappa shape index (κ2) is 9.21. The standard InChI is InChI=1S/C22H19F3N4O/c1-29(19-10-12-26-13-11-19)18-6-2-16(3-7-18)15-28-21(30)9-5-17-4-8-20(27-14-17)22(23,24)25/h2-14H,15H2,1H3,(H,28,30). The molecule has 0 radical (unpaired) electrons. The van der Waals surface area contributed by atoms with Crippen molar-refractivity contribution in [3.63, 3.8) is 0 Å². The lowest BCUT2D eigenvalue weighted by Crippen LogP contribution is -2.20. The summed E-state index contributed by atoms with van der Waals surface area (Å²) in [6.07, 6.45) is 2.71. The predicted molar refractivity (Wildman–Crippen MR) is 109 cm³/mol. The molecule has 0 bridgehead atoms. The molecule has 5 nitrogen and oxygen atoms in total. The monoisotopic (exact) mass is 412 g/mol. The molecule has 3 rings (SSSR count). The molecule has 30 heavy (non-hydrogen) atoms. The summed E-state index contributed by atoms with van der Waals surface area (Å²) < 4.78 is 37.5. The Hall–Kier alpha value is -3.68. The number of alkyl halides is 3. The van der Waals surface area contributed by atoms with E-state index in [2.05, 4.69) is 15.3 Å². The molecule has 2 heterocycles. The quantitative estimate of drug-likeness (QED) is 0.602. The maximum absolute atomic E-state index is 12.5. The van der Waals surface area contributed by atoms with Gasteiger partial charge in [0.1, 0.15) is 5.69 Å². The largest absolute Gasteiger partial charge is 0.433 e. The van der Waals surface area contributed by atoms with Crippen LogP contribution in [0.2, 0.25) is 0 Å². The van der Waals surface area contributed by atoms with Gasteiger partial charge in [-0.25, -0.2) is 0 Å². The van der Waals surface area contributed by atoms with Gasteiger partial charge < -0.3 is 10.2 Å². The number of halogens is 3. The van der Waals surface area contributed by atoms with Crippen molar-refractivity contribution in [3.8, 4) is 0 Å². The molecule has 0 saturated heterocycles. The zero-order chi connectivity index (χ0) is 21.6. The normalized spacial score (nSPS) is 11.5. The highest BCUT2D eigenvalue weighted by Gasteiger charge is 2.31. The Kier molecular flexibility index (Phi) is 6.46. The van der Waals surface area contributed by atoms with Crippen molar-refractivity contribution in [1.29, 1.82) is 0 Å². The van der Waals surface area contributed by atoms with Crippen LogP contribution in [0.4, 0.5) is 24.5 Å². The Morgan fingerprint density at radius 3 is 2.30 bits per heavy atom. The lowest BCUT2D eigenvalue weighted by Gasteiger charge is -2.19. The summed E-state index contributed by atoms with van der Waals surface area (Å²) in [5, 5.41) is 2.74. The highest BCUT2D eigenvalue weighted by Crippen LogP contribution is 2.27. The number of carbonyl (C=O) groups is 1. The first-order valence-corrected chi connectivity index (χ1v) is 9.05. The van der Waals surface area contributed by atoms with E-state index in [4.69, 9.17) is 0 Å². The minimum Gasteiger partial charge on any atom is -0.348 e. The van der Waals surface area contributed by atoms with Crippen molar-refractivity contribution in [2.24, 2.45) is 0 Å². The Balaban J connectivity index is 1.52. The van der Waals surface area contributed by atoms with Gasteiger partial charge >= 0.3 is 6.18 Å². The number of anilines is 2. The zero-order valence-corrected chi connectivity index (χ0v) is 16.1. The van der Waals surface area contributed by atoms with Crippen LogP contribution in [0.1, 0.15) is 16.8 Å².